The number of furan rings is 1. The van der Waals surface area contributed by atoms with Crippen molar-refractivity contribution < 1.29 is 9.15 Å². The van der Waals surface area contributed by atoms with Gasteiger partial charge in [-0.25, -0.2) is 5.43 Å². The quantitative estimate of drug-likeness (QED) is 0.649. The van der Waals surface area contributed by atoms with Crippen LogP contribution in [0.5, 0.6) is 0 Å². The lowest BCUT2D eigenvalue weighted by molar-refractivity contribution is 0.0989. The lowest BCUT2D eigenvalue weighted by Crippen LogP contribution is -2.28. The van der Waals surface area contributed by atoms with Crippen LogP contribution in [-0.2, 0) is 4.74 Å². The van der Waals surface area contributed by atoms with Gasteiger partial charge in [0.1, 0.15) is 11.3 Å². The maximum Gasteiger partial charge on any atom is 0.134 e. The Morgan fingerprint density at radius 1 is 1.40 bits per heavy atom. The van der Waals surface area contributed by atoms with Gasteiger partial charge < -0.3 is 9.15 Å². The molecular weight excluding hydrogens is 252 g/mol. The number of hydrogen-bond acceptors (Lipinski definition) is 4. The Balaban J connectivity index is 1.72. The molecule has 4 heteroatoms. The number of hydrogen-bond donors (Lipinski definition) is 2. The lowest BCUT2D eigenvalue weighted by atomic mass is 10.0. The largest absolute Gasteiger partial charge is 0.459 e. The summed E-state index contributed by atoms with van der Waals surface area (Å²) in [6, 6.07) is 8.35. The fraction of sp³-hybridized carbons (Fsp3) is 0.500. The zero-order valence-electron chi connectivity index (χ0n) is 11.9. The summed E-state index contributed by atoms with van der Waals surface area (Å²) in [5, 5.41) is 1.14. The van der Waals surface area contributed by atoms with E-state index in [1.54, 1.807) is 0 Å². The molecule has 2 heterocycles. The molecule has 1 aromatic carbocycles. The molecule has 2 atom stereocenters. The van der Waals surface area contributed by atoms with Crippen molar-refractivity contribution in [2.45, 2.75) is 44.8 Å². The molecule has 0 radical (unpaired) electrons. The first-order valence-electron chi connectivity index (χ1n) is 7.34. The second-order valence-corrected chi connectivity index (χ2v) is 5.62. The number of aryl methyl sites for hydroxylation is 1. The summed E-state index contributed by atoms with van der Waals surface area (Å²) in [4.78, 5) is 0. The summed E-state index contributed by atoms with van der Waals surface area (Å²) in [7, 11) is 0. The molecule has 108 valence electrons. The monoisotopic (exact) mass is 274 g/mol. The first kappa shape index (κ1) is 13.6. The first-order chi connectivity index (χ1) is 9.76. The maximum atomic E-state index is 5.91. The van der Waals surface area contributed by atoms with Crippen LogP contribution in [0.15, 0.2) is 28.7 Å². The highest BCUT2D eigenvalue weighted by molar-refractivity contribution is 5.78. The van der Waals surface area contributed by atoms with Crippen LogP contribution in [0, 0.1) is 6.92 Å². The van der Waals surface area contributed by atoms with Crippen molar-refractivity contribution in [2.75, 3.05) is 6.61 Å². The van der Waals surface area contributed by atoms with Gasteiger partial charge in [-0.2, -0.15) is 0 Å². The molecule has 0 amide bonds. The number of ether oxygens (including phenoxy) is 1. The van der Waals surface area contributed by atoms with Crippen LogP contribution in [0.25, 0.3) is 11.0 Å². The maximum absolute atomic E-state index is 5.91. The molecule has 2 aromatic rings. The SMILES string of the molecule is Cc1ccc2oc(C(CCC3CCCO3)NN)cc2c1. The second-order valence-electron chi connectivity index (χ2n) is 5.62. The second kappa shape index (κ2) is 5.95. The number of hydrazine groups is 1. The molecule has 2 unspecified atom stereocenters. The highest BCUT2D eigenvalue weighted by Gasteiger charge is 2.20. The van der Waals surface area contributed by atoms with Gasteiger partial charge >= 0.3 is 0 Å². The summed E-state index contributed by atoms with van der Waals surface area (Å²) in [5.41, 5.74) is 5.03. The number of fused-ring (bicyclic) bond motifs is 1. The van der Waals surface area contributed by atoms with E-state index in [4.69, 9.17) is 15.0 Å². The van der Waals surface area contributed by atoms with Gasteiger partial charge in [0.2, 0.25) is 0 Å². The van der Waals surface area contributed by atoms with Crippen LogP contribution in [-0.4, -0.2) is 12.7 Å². The van der Waals surface area contributed by atoms with Gasteiger partial charge in [0.25, 0.3) is 0 Å². The zero-order chi connectivity index (χ0) is 13.9. The van der Waals surface area contributed by atoms with Gasteiger partial charge in [-0.15, -0.1) is 0 Å². The van der Waals surface area contributed by atoms with Crippen molar-refractivity contribution in [1.29, 1.82) is 0 Å². The minimum atomic E-state index is 0.0481. The summed E-state index contributed by atoms with van der Waals surface area (Å²) < 4.78 is 11.6. The third-order valence-electron chi connectivity index (χ3n) is 4.04. The highest BCUT2D eigenvalue weighted by Crippen LogP contribution is 2.28. The topological polar surface area (TPSA) is 60.4 Å². The number of nitrogens with two attached hydrogens (primary N) is 1. The van der Waals surface area contributed by atoms with E-state index in [1.807, 2.05) is 6.07 Å². The van der Waals surface area contributed by atoms with Crippen LogP contribution >= 0.6 is 0 Å². The van der Waals surface area contributed by atoms with Crippen molar-refractivity contribution in [3.8, 4) is 0 Å². The summed E-state index contributed by atoms with van der Waals surface area (Å²) in [6.07, 6.45) is 4.68. The summed E-state index contributed by atoms with van der Waals surface area (Å²) in [5.74, 6) is 6.60. The predicted octanol–water partition coefficient (Wildman–Crippen LogP) is 3.20. The Morgan fingerprint density at radius 3 is 3.05 bits per heavy atom. The summed E-state index contributed by atoms with van der Waals surface area (Å²) in [6.45, 7) is 2.98. The predicted molar refractivity (Wildman–Crippen MR) is 79.2 cm³/mol. The molecule has 4 nitrogen and oxygen atoms in total. The van der Waals surface area contributed by atoms with Crippen molar-refractivity contribution in [2.24, 2.45) is 5.84 Å². The van der Waals surface area contributed by atoms with E-state index in [9.17, 15) is 0 Å². The standard InChI is InChI=1S/C16H22N2O2/c1-11-4-7-15-12(9-11)10-16(20-15)14(18-17)6-5-13-3-2-8-19-13/h4,7,9-10,13-14,18H,2-3,5-6,8,17H2,1H3. The molecule has 1 aromatic heterocycles. The van der Waals surface area contributed by atoms with E-state index in [0.717, 1.165) is 42.6 Å². The van der Waals surface area contributed by atoms with Crippen molar-refractivity contribution in [3.63, 3.8) is 0 Å². The molecule has 1 saturated heterocycles. The Hall–Kier alpha value is -1.36. The van der Waals surface area contributed by atoms with Crippen LogP contribution in [0.1, 0.15) is 43.0 Å². The number of nitrogens with one attached hydrogen (secondary N) is 1. The average molecular weight is 274 g/mol. The molecule has 3 rings (SSSR count). The van der Waals surface area contributed by atoms with E-state index < -0.39 is 0 Å². The van der Waals surface area contributed by atoms with E-state index in [1.165, 1.54) is 12.0 Å². The highest BCUT2D eigenvalue weighted by atomic mass is 16.5. The van der Waals surface area contributed by atoms with Gasteiger partial charge in [-0.3, -0.25) is 5.84 Å². The third-order valence-corrected chi connectivity index (χ3v) is 4.04. The molecule has 0 spiro atoms. The summed E-state index contributed by atoms with van der Waals surface area (Å²) >= 11 is 0. The molecular formula is C16H22N2O2. The van der Waals surface area contributed by atoms with Crippen LogP contribution in [0.2, 0.25) is 0 Å². The molecule has 0 aliphatic carbocycles. The van der Waals surface area contributed by atoms with Gasteiger partial charge in [-0.05, 0) is 50.8 Å². The molecule has 0 saturated carbocycles. The van der Waals surface area contributed by atoms with Crippen LogP contribution < -0.4 is 11.3 Å². The van der Waals surface area contributed by atoms with Crippen LogP contribution in [0.3, 0.4) is 0 Å². The fourth-order valence-corrected chi connectivity index (χ4v) is 2.89. The van der Waals surface area contributed by atoms with E-state index >= 15 is 0 Å². The first-order valence-corrected chi connectivity index (χ1v) is 7.34. The zero-order valence-corrected chi connectivity index (χ0v) is 11.9. The minimum absolute atomic E-state index is 0.0481. The Kier molecular flexibility index (Phi) is 4.05. The Morgan fingerprint density at radius 2 is 2.30 bits per heavy atom. The number of benzene rings is 1. The van der Waals surface area contributed by atoms with Crippen LogP contribution in [0.4, 0.5) is 0 Å². The van der Waals surface area contributed by atoms with E-state index in [0.29, 0.717) is 6.10 Å². The molecule has 1 aliphatic rings. The van der Waals surface area contributed by atoms with E-state index in [-0.39, 0.29) is 6.04 Å². The lowest BCUT2D eigenvalue weighted by Gasteiger charge is -2.15. The fourth-order valence-electron chi connectivity index (χ4n) is 2.89. The van der Waals surface area contributed by atoms with E-state index in [2.05, 4.69) is 30.5 Å². The van der Waals surface area contributed by atoms with Gasteiger partial charge in [-0.1, -0.05) is 11.6 Å². The van der Waals surface area contributed by atoms with Crippen molar-refractivity contribution >= 4 is 11.0 Å². The van der Waals surface area contributed by atoms with Crippen molar-refractivity contribution in [1.82, 2.24) is 5.43 Å². The van der Waals surface area contributed by atoms with Gasteiger partial charge in [0.05, 0.1) is 12.1 Å². The Bertz CT molecular complexity index is 573. The van der Waals surface area contributed by atoms with Crippen molar-refractivity contribution in [3.05, 3.63) is 35.6 Å². The van der Waals surface area contributed by atoms with Gasteiger partial charge in [0.15, 0.2) is 0 Å². The molecule has 0 bridgehead atoms. The molecule has 3 N–H and O–H groups in total. The Labute approximate surface area is 119 Å². The molecule has 1 aliphatic heterocycles. The minimum Gasteiger partial charge on any atom is -0.459 e. The smallest absolute Gasteiger partial charge is 0.134 e. The molecule has 20 heavy (non-hydrogen) atoms. The number of rotatable bonds is 5. The van der Waals surface area contributed by atoms with Gasteiger partial charge in [0, 0.05) is 12.0 Å². The normalized spacial score (nSPS) is 20.6. The average Bonchev–Trinajstić information content (AvgIpc) is 3.08. The third kappa shape index (κ3) is 2.87. The molecule has 1 fully saturated rings.